The molecule has 0 aliphatic carbocycles. The van der Waals surface area contributed by atoms with Crippen molar-refractivity contribution in [1.29, 1.82) is 0 Å². The number of hydrogen-bond donors (Lipinski definition) is 1. The van der Waals surface area contributed by atoms with Gasteiger partial charge in [-0.25, -0.2) is 4.98 Å². The first kappa shape index (κ1) is 11.6. The number of thiazole rings is 1. The fraction of sp³-hybridized carbons (Fsp3) is 0.500. The predicted molar refractivity (Wildman–Crippen MR) is 66.7 cm³/mol. The average molecular weight is 254 g/mol. The Morgan fingerprint density at radius 2 is 2.06 bits per heavy atom. The zero-order chi connectivity index (χ0) is 11.4. The van der Waals surface area contributed by atoms with Crippen LogP contribution in [0.1, 0.15) is 36.2 Å². The van der Waals surface area contributed by atoms with E-state index in [1.807, 2.05) is 5.38 Å². The first-order valence-electron chi connectivity index (χ1n) is 5.16. The molecule has 0 atom stereocenters. The van der Waals surface area contributed by atoms with Crippen LogP contribution in [0.2, 0.25) is 0 Å². The van der Waals surface area contributed by atoms with Crippen molar-refractivity contribution in [3.63, 3.8) is 0 Å². The highest BCUT2D eigenvalue weighted by Crippen LogP contribution is 2.18. The minimum atomic E-state index is 0.515. The van der Waals surface area contributed by atoms with Crippen LogP contribution in [-0.4, -0.2) is 14.6 Å². The van der Waals surface area contributed by atoms with Crippen molar-refractivity contribution in [3.05, 3.63) is 27.2 Å². The first-order valence-corrected chi connectivity index (χ1v) is 6.88. The van der Waals surface area contributed by atoms with E-state index in [9.17, 15) is 0 Å². The maximum absolute atomic E-state index is 4.55. The van der Waals surface area contributed by atoms with Gasteiger partial charge in [-0.1, -0.05) is 18.3 Å². The molecule has 2 rings (SSSR count). The molecule has 6 heteroatoms. The van der Waals surface area contributed by atoms with E-state index >= 15 is 0 Å². The van der Waals surface area contributed by atoms with E-state index in [1.54, 1.807) is 11.3 Å². The molecule has 2 aromatic rings. The van der Waals surface area contributed by atoms with Crippen LogP contribution in [0.3, 0.4) is 0 Å². The monoisotopic (exact) mass is 254 g/mol. The lowest BCUT2D eigenvalue weighted by molar-refractivity contribution is 0.664. The van der Waals surface area contributed by atoms with Crippen LogP contribution in [0.15, 0.2) is 10.8 Å². The standard InChI is InChI=1S/C10H14N4S2/c1-7(2)10-12-8(5-15-10)3-11-4-9-6-16-14-13-9/h5-7,11H,3-4H2,1-2H3. The first-order chi connectivity index (χ1) is 7.75. The molecule has 0 unspecified atom stereocenters. The van der Waals surface area contributed by atoms with Gasteiger partial charge in [0.1, 0.15) is 0 Å². The molecule has 0 saturated carbocycles. The number of rotatable bonds is 5. The lowest BCUT2D eigenvalue weighted by atomic mass is 10.2. The van der Waals surface area contributed by atoms with Crippen LogP contribution >= 0.6 is 22.9 Å². The Hall–Kier alpha value is -0.850. The van der Waals surface area contributed by atoms with Gasteiger partial charge in [0.05, 0.1) is 16.4 Å². The van der Waals surface area contributed by atoms with Crippen molar-refractivity contribution in [2.75, 3.05) is 0 Å². The molecule has 0 radical (unpaired) electrons. The lowest BCUT2D eigenvalue weighted by Crippen LogP contribution is -2.13. The molecule has 4 nitrogen and oxygen atoms in total. The number of aromatic nitrogens is 3. The Morgan fingerprint density at radius 3 is 2.69 bits per heavy atom. The highest BCUT2D eigenvalue weighted by Gasteiger charge is 2.05. The number of hydrogen-bond acceptors (Lipinski definition) is 6. The second kappa shape index (κ2) is 5.47. The van der Waals surface area contributed by atoms with Crippen LogP contribution < -0.4 is 5.32 Å². The topological polar surface area (TPSA) is 50.7 Å². The van der Waals surface area contributed by atoms with E-state index in [4.69, 9.17) is 0 Å². The fourth-order valence-corrected chi connectivity index (χ4v) is 2.53. The van der Waals surface area contributed by atoms with Gasteiger partial charge in [-0.3, -0.25) is 0 Å². The van der Waals surface area contributed by atoms with Crippen molar-refractivity contribution in [1.82, 2.24) is 19.9 Å². The zero-order valence-corrected chi connectivity index (χ0v) is 10.9. The van der Waals surface area contributed by atoms with Crippen molar-refractivity contribution in [2.24, 2.45) is 0 Å². The van der Waals surface area contributed by atoms with Gasteiger partial charge in [0.25, 0.3) is 0 Å². The molecule has 0 spiro atoms. The van der Waals surface area contributed by atoms with Gasteiger partial charge in [0.2, 0.25) is 0 Å². The van der Waals surface area contributed by atoms with Crippen LogP contribution in [0.4, 0.5) is 0 Å². The molecule has 86 valence electrons. The summed E-state index contributed by atoms with van der Waals surface area (Å²) in [7, 11) is 0. The van der Waals surface area contributed by atoms with Crippen LogP contribution in [0.5, 0.6) is 0 Å². The van der Waals surface area contributed by atoms with Crippen LogP contribution in [0.25, 0.3) is 0 Å². The SMILES string of the molecule is CC(C)c1nc(CNCc2csnn2)cs1. The third-order valence-electron chi connectivity index (χ3n) is 2.08. The van der Waals surface area contributed by atoms with Crippen molar-refractivity contribution >= 4 is 22.9 Å². The van der Waals surface area contributed by atoms with E-state index in [-0.39, 0.29) is 0 Å². The molecule has 0 fully saturated rings. The molecular formula is C10H14N4S2. The quantitative estimate of drug-likeness (QED) is 0.890. The van der Waals surface area contributed by atoms with Crippen LogP contribution in [0, 0.1) is 0 Å². The molecule has 2 aromatic heterocycles. The summed E-state index contributed by atoms with van der Waals surface area (Å²) in [6, 6.07) is 0. The van der Waals surface area contributed by atoms with Gasteiger partial charge in [0, 0.05) is 29.8 Å². The van der Waals surface area contributed by atoms with Gasteiger partial charge < -0.3 is 5.32 Å². The Morgan fingerprint density at radius 1 is 1.25 bits per heavy atom. The largest absolute Gasteiger partial charge is 0.305 e. The number of nitrogens with zero attached hydrogens (tertiary/aromatic N) is 3. The highest BCUT2D eigenvalue weighted by molar-refractivity contribution is 7.09. The third-order valence-corrected chi connectivity index (χ3v) is 3.83. The molecule has 0 bridgehead atoms. The minimum absolute atomic E-state index is 0.515. The van der Waals surface area contributed by atoms with Crippen molar-refractivity contribution in [3.8, 4) is 0 Å². The predicted octanol–water partition coefficient (Wildman–Crippen LogP) is 2.41. The normalized spacial score (nSPS) is 11.2. The lowest BCUT2D eigenvalue weighted by Gasteiger charge is -1.99. The number of nitrogens with one attached hydrogen (secondary N) is 1. The molecule has 16 heavy (non-hydrogen) atoms. The summed E-state index contributed by atoms with van der Waals surface area (Å²) >= 11 is 3.11. The molecule has 2 heterocycles. The maximum atomic E-state index is 4.55. The van der Waals surface area contributed by atoms with E-state index in [0.717, 1.165) is 24.5 Å². The molecule has 0 amide bonds. The smallest absolute Gasteiger partial charge is 0.0954 e. The van der Waals surface area contributed by atoms with Crippen molar-refractivity contribution in [2.45, 2.75) is 32.9 Å². The van der Waals surface area contributed by atoms with Gasteiger partial charge >= 0.3 is 0 Å². The van der Waals surface area contributed by atoms with Crippen LogP contribution in [-0.2, 0) is 13.1 Å². The molecule has 0 aliphatic rings. The third kappa shape index (κ3) is 3.07. The molecular weight excluding hydrogens is 240 g/mol. The van der Waals surface area contributed by atoms with Gasteiger partial charge in [-0.05, 0) is 11.5 Å². The Labute approximate surface area is 103 Å². The summed E-state index contributed by atoms with van der Waals surface area (Å²) in [6.07, 6.45) is 0. The minimum Gasteiger partial charge on any atom is -0.305 e. The summed E-state index contributed by atoms with van der Waals surface area (Å²) in [5.41, 5.74) is 2.10. The van der Waals surface area contributed by atoms with Gasteiger partial charge in [-0.2, -0.15) is 0 Å². The van der Waals surface area contributed by atoms with Crippen molar-refractivity contribution < 1.29 is 0 Å². The second-order valence-corrected chi connectivity index (χ2v) is 5.33. The molecule has 0 saturated heterocycles. The van der Waals surface area contributed by atoms with E-state index in [2.05, 4.69) is 39.1 Å². The maximum Gasteiger partial charge on any atom is 0.0954 e. The van der Waals surface area contributed by atoms with E-state index < -0.39 is 0 Å². The summed E-state index contributed by atoms with van der Waals surface area (Å²) in [5.74, 6) is 0.515. The Balaban J connectivity index is 1.81. The van der Waals surface area contributed by atoms with E-state index in [1.165, 1.54) is 16.5 Å². The van der Waals surface area contributed by atoms with Gasteiger partial charge in [0.15, 0.2) is 0 Å². The Kier molecular flexibility index (Phi) is 3.98. The van der Waals surface area contributed by atoms with E-state index in [0.29, 0.717) is 5.92 Å². The van der Waals surface area contributed by atoms with Gasteiger partial charge in [-0.15, -0.1) is 16.4 Å². The summed E-state index contributed by atoms with van der Waals surface area (Å²) in [5, 5.41) is 12.5. The highest BCUT2D eigenvalue weighted by atomic mass is 32.1. The zero-order valence-electron chi connectivity index (χ0n) is 9.30. The summed E-state index contributed by atoms with van der Waals surface area (Å²) in [4.78, 5) is 4.55. The summed E-state index contributed by atoms with van der Waals surface area (Å²) in [6.45, 7) is 5.87. The molecule has 0 aromatic carbocycles. The molecule has 1 N–H and O–H groups in total. The molecule has 0 aliphatic heterocycles. The Bertz CT molecular complexity index is 422. The average Bonchev–Trinajstić information content (AvgIpc) is 2.87. The fourth-order valence-electron chi connectivity index (χ4n) is 1.25. The summed E-state index contributed by atoms with van der Waals surface area (Å²) < 4.78 is 3.81. The second-order valence-electron chi connectivity index (χ2n) is 3.83.